The highest BCUT2D eigenvalue weighted by Gasteiger charge is 2.25. The molecular weight excluding hydrogens is 409 g/mol. The number of halogens is 1. The second-order valence-corrected chi connectivity index (χ2v) is 9.04. The van der Waals surface area contributed by atoms with E-state index >= 15 is 0 Å². The number of hydrogen-bond donors (Lipinski definition) is 0. The summed E-state index contributed by atoms with van der Waals surface area (Å²) in [6.07, 6.45) is 2.23. The molecule has 7 nitrogen and oxygen atoms in total. The summed E-state index contributed by atoms with van der Waals surface area (Å²) in [5, 5.41) is 0.500. The first-order valence-corrected chi connectivity index (χ1v) is 10.9. The van der Waals surface area contributed by atoms with Crippen LogP contribution in [-0.2, 0) is 26.0 Å². The van der Waals surface area contributed by atoms with Crippen LogP contribution in [0.4, 0.5) is 4.39 Å². The van der Waals surface area contributed by atoms with Gasteiger partial charge in [0.15, 0.2) is 0 Å². The summed E-state index contributed by atoms with van der Waals surface area (Å²) >= 11 is 0. The molecule has 2 heterocycles. The first kappa shape index (κ1) is 20.1. The summed E-state index contributed by atoms with van der Waals surface area (Å²) in [6, 6.07) is 11.6. The smallest absolute Gasteiger partial charge is 0.242 e. The molecule has 0 atom stereocenters. The van der Waals surface area contributed by atoms with Crippen molar-refractivity contribution >= 4 is 33.1 Å². The molecule has 1 aromatic heterocycles. The van der Waals surface area contributed by atoms with Crippen LogP contribution in [0.25, 0.3) is 10.9 Å². The number of fused-ring (bicyclic) bond motifs is 1. The molecule has 30 heavy (non-hydrogen) atoms. The van der Waals surface area contributed by atoms with Crippen molar-refractivity contribution in [1.82, 2.24) is 14.4 Å². The lowest BCUT2D eigenvalue weighted by molar-refractivity contribution is -0.135. The molecule has 0 radical (unpaired) electrons. The fraction of sp³-hybridized carbons (Fsp3) is 0.238. The first-order chi connectivity index (χ1) is 14.4. The van der Waals surface area contributed by atoms with Crippen molar-refractivity contribution in [3.8, 4) is 0 Å². The van der Waals surface area contributed by atoms with E-state index in [9.17, 15) is 22.4 Å². The van der Waals surface area contributed by atoms with Crippen LogP contribution in [0.5, 0.6) is 0 Å². The number of amides is 2. The number of rotatable bonds is 5. The number of carbonyl (C=O) groups is 2. The maximum absolute atomic E-state index is 13.2. The van der Waals surface area contributed by atoms with E-state index in [1.54, 1.807) is 38.6 Å². The predicted molar refractivity (Wildman–Crippen MR) is 108 cm³/mol. The number of carbonyl (C=O) groups excluding carboxylic acids is 2. The molecule has 0 aliphatic carbocycles. The number of hydrogen-bond acceptors (Lipinski definition) is 4. The van der Waals surface area contributed by atoms with Gasteiger partial charge in [-0.05, 0) is 30.3 Å². The Morgan fingerprint density at radius 1 is 1.00 bits per heavy atom. The van der Waals surface area contributed by atoms with Crippen LogP contribution in [-0.4, -0.2) is 61.3 Å². The van der Waals surface area contributed by atoms with E-state index in [0.29, 0.717) is 37.1 Å². The predicted octanol–water partition coefficient (Wildman–Crippen LogP) is 1.91. The standard InChI is InChI=1S/C21H20FN3O4S/c22-16-5-7-17(8-6-16)30(28,29)20-13-25(19-4-2-1-3-18(19)20)14-21(27)24-11-9-23(15-26)10-12-24/h1-8,13,15H,9-12,14H2. The molecule has 0 spiro atoms. The fourth-order valence-corrected chi connectivity index (χ4v) is 5.10. The van der Waals surface area contributed by atoms with Gasteiger partial charge >= 0.3 is 0 Å². The van der Waals surface area contributed by atoms with Crippen LogP contribution >= 0.6 is 0 Å². The molecule has 1 saturated heterocycles. The van der Waals surface area contributed by atoms with Crippen LogP contribution in [0.15, 0.2) is 64.5 Å². The van der Waals surface area contributed by atoms with Crippen LogP contribution in [0.2, 0.25) is 0 Å². The molecule has 156 valence electrons. The molecular formula is C21H20FN3O4S. The number of benzene rings is 2. The summed E-state index contributed by atoms with van der Waals surface area (Å²) in [5.41, 5.74) is 0.623. The van der Waals surface area contributed by atoms with E-state index in [2.05, 4.69) is 0 Å². The Balaban J connectivity index is 1.67. The van der Waals surface area contributed by atoms with Crippen molar-refractivity contribution in [2.24, 2.45) is 0 Å². The minimum Gasteiger partial charge on any atom is -0.342 e. The third-order valence-electron chi connectivity index (χ3n) is 5.29. The van der Waals surface area contributed by atoms with Crippen molar-refractivity contribution in [2.75, 3.05) is 26.2 Å². The maximum atomic E-state index is 13.2. The van der Waals surface area contributed by atoms with Crippen molar-refractivity contribution < 1.29 is 22.4 Å². The molecule has 3 aromatic rings. The first-order valence-electron chi connectivity index (χ1n) is 9.46. The van der Waals surface area contributed by atoms with Crippen molar-refractivity contribution in [1.29, 1.82) is 0 Å². The van der Waals surface area contributed by atoms with Gasteiger partial charge in [0.25, 0.3) is 0 Å². The molecule has 1 aliphatic rings. The Hall–Kier alpha value is -3.20. The number of aromatic nitrogens is 1. The van der Waals surface area contributed by atoms with E-state index in [1.165, 1.54) is 18.3 Å². The zero-order valence-electron chi connectivity index (χ0n) is 16.1. The van der Waals surface area contributed by atoms with Gasteiger partial charge in [-0.25, -0.2) is 12.8 Å². The van der Waals surface area contributed by atoms with Crippen LogP contribution < -0.4 is 0 Å². The largest absolute Gasteiger partial charge is 0.342 e. The second kappa shape index (κ2) is 7.91. The number of sulfone groups is 1. The average molecular weight is 429 g/mol. The van der Waals surface area contributed by atoms with Gasteiger partial charge in [-0.1, -0.05) is 18.2 Å². The zero-order valence-corrected chi connectivity index (χ0v) is 16.9. The molecule has 0 bridgehead atoms. The Morgan fingerprint density at radius 2 is 1.67 bits per heavy atom. The van der Waals surface area contributed by atoms with Crippen molar-refractivity contribution in [3.63, 3.8) is 0 Å². The molecule has 0 N–H and O–H groups in total. The van der Waals surface area contributed by atoms with Crippen LogP contribution in [0.3, 0.4) is 0 Å². The van der Waals surface area contributed by atoms with E-state index in [-0.39, 0.29) is 22.2 Å². The molecule has 0 saturated carbocycles. The van der Waals surface area contributed by atoms with Gasteiger partial charge in [-0.3, -0.25) is 9.59 Å². The van der Waals surface area contributed by atoms with Gasteiger partial charge < -0.3 is 14.4 Å². The quantitative estimate of drug-likeness (QED) is 0.459. The van der Waals surface area contributed by atoms with E-state index in [0.717, 1.165) is 18.5 Å². The summed E-state index contributed by atoms with van der Waals surface area (Å²) in [7, 11) is -3.89. The number of nitrogens with zero attached hydrogens (tertiary/aromatic N) is 3. The van der Waals surface area contributed by atoms with Crippen LogP contribution in [0.1, 0.15) is 0 Å². The highest BCUT2D eigenvalue weighted by molar-refractivity contribution is 7.91. The van der Waals surface area contributed by atoms with Gasteiger partial charge in [-0.15, -0.1) is 0 Å². The molecule has 2 aromatic carbocycles. The lowest BCUT2D eigenvalue weighted by Gasteiger charge is -2.32. The second-order valence-electron chi connectivity index (χ2n) is 7.12. The molecule has 1 aliphatic heterocycles. The number of piperazine rings is 1. The fourth-order valence-electron chi connectivity index (χ4n) is 3.62. The average Bonchev–Trinajstić information content (AvgIpc) is 3.13. The maximum Gasteiger partial charge on any atom is 0.242 e. The highest BCUT2D eigenvalue weighted by atomic mass is 32.2. The van der Waals surface area contributed by atoms with Crippen molar-refractivity contribution in [3.05, 3.63) is 60.5 Å². The molecule has 4 rings (SSSR count). The number of para-hydroxylation sites is 1. The third-order valence-corrected chi connectivity index (χ3v) is 7.08. The lowest BCUT2D eigenvalue weighted by atomic mass is 10.2. The van der Waals surface area contributed by atoms with Gasteiger partial charge in [0.05, 0.1) is 9.79 Å². The summed E-state index contributed by atoms with van der Waals surface area (Å²) in [5.74, 6) is -0.663. The Labute approximate surface area is 173 Å². The van der Waals surface area contributed by atoms with E-state index in [4.69, 9.17) is 0 Å². The molecule has 0 unspecified atom stereocenters. The summed E-state index contributed by atoms with van der Waals surface area (Å²) in [6.45, 7) is 1.83. The summed E-state index contributed by atoms with van der Waals surface area (Å²) in [4.78, 5) is 27.0. The van der Waals surface area contributed by atoms with Gasteiger partial charge in [0.2, 0.25) is 22.2 Å². The Bertz CT molecular complexity index is 1200. The zero-order chi connectivity index (χ0) is 21.3. The van der Waals surface area contributed by atoms with Crippen molar-refractivity contribution in [2.45, 2.75) is 16.3 Å². The van der Waals surface area contributed by atoms with E-state index < -0.39 is 15.7 Å². The molecule has 2 amide bonds. The van der Waals surface area contributed by atoms with E-state index in [1.807, 2.05) is 0 Å². The van der Waals surface area contributed by atoms with Crippen LogP contribution in [0, 0.1) is 5.82 Å². The van der Waals surface area contributed by atoms with Gasteiger partial charge in [-0.2, -0.15) is 0 Å². The minimum atomic E-state index is -3.89. The van der Waals surface area contributed by atoms with Gasteiger partial charge in [0, 0.05) is 43.3 Å². The van der Waals surface area contributed by atoms with Gasteiger partial charge in [0.1, 0.15) is 12.4 Å². The normalized spacial score (nSPS) is 14.8. The summed E-state index contributed by atoms with van der Waals surface area (Å²) < 4.78 is 41.2. The highest BCUT2D eigenvalue weighted by Crippen LogP contribution is 2.30. The SMILES string of the molecule is O=CN1CCN(C(=O)Cn2cc(S(=O)(=O)c3ccc(F)cc3)c3ccccc32)CC1. The minimum absolute atomic E-state index is 0.0110. The topological polar surface area (TPSA) is 79.7 Å². The monoisotopic (exact) mass is 429 g/mol. The third kappa shape index (κ3) is 3.68. The Kier molecular flexibility index (Phi) is 5.29. The Morgan fingerprint density at radius 3 is 2.33 bits per heavy atom. The lowest BCUT2D eigenvalue weighted by Crippen LogP contribution is -2.48. The molecule has 9 heteroatoms. The molecule has 1 fully saturated rings.